The van der Waals surface area contributed by atoms with Crippen molar-refractivity contribution in [1.29, 1.82) is 0 Å². The summed E-state index contributed by atoms with van der Waals surface area (Å²) in [4.78, 5) is 24.0. The fraction of sp³-hybridized carbons (Fsp3) is 0.0449. The average molecular weight is 1200 g/mol. The Morgan fingerprint density at radius 3 is 1.10 bits per heavy atom. The molecule has 0 aliphatic heterocycles. The van der Waals surface area contributed by atoms with Gasteiger partial charge >= 0.3 is 0 Å². The number of benzene rings is 12. The maximum Gasteiger partial charge on any atom is 0.167 e. The molecule has 1 N–H and O–H groups in total. The topological polar surface area (TPSA) is 63.1 Å². The molecule has 93 heavy (non-hydrogen) atoms. The molecule has 2 heterocycles. The van der Waals surface area contributed by atoms with Crippen LogP contribution in [0.3, 0.4) is 0 Å². The number of rotatable bonds is 14. The zero-order valence-corrected chi connectivity index (χ0v) is 52.4. The first-order valence-electron chi connectivity index (χ1n) is 31.5. The highest BCUT2D eigenvalue weighted by atomic mass is 16.3. The van der Waals surface area contributed by atoms with Crippen LogP contribution in [0, 0.1) is 6.92 Å². The van der Waals surface area contributed by atoms with Crippen LogP contribution in [0.15, 0.2) is 376 Å². The van der Waals surface area contributed by atoms with Gasteiger partial charge in [0.2, 0.25) is 0 Å². The summed E-state index contributed by atoms with van der Waals surface area (Å²) >= 11 is 0. The number of aromatic nitrogens is 2. The lowest BCUT2D eigenvalue weighted by Gasteiger charge is -2.19. The monoisotopic (exact) mass is 1200 g/mol. The molecule has 14 aromatic rings. The first kappa shape index (κ1) is 62.7. The van der Waals surface area contributed by atoms with Gasteiger partial charge in [0.25, 0.3) is 0 Å². The molecule has 0 bridgehead atoms. The second-order valence-electron chi connectivity index (χ2n) is 22.4. The van der Waals surface area contributed by atoms with Gasteiger partial charge < -0.3 is 5.11 Å². The lowest BCUT2D eigenvalue weighted by Crippen LogP contribution is -2.06. The maximum atomic E-state index is 14.0. The third kappa shape index (κ3) is 16.5. The summed E-state index contributed by atoms with van der Waals surface area (Å²) in [5.74, 6) is -0.0797. The summed E-state index contributed by atoms with van der Waals surface area (Å²) in [6.07, 6.45) is 4.73. The van der Waals surface area contributed by atoms with Crippen LogP contribution in [0.1, 0.15) is 30.0 Å². The van der Waals surface area contributed by atoms with E-state index in [0.717, 1.165) is 106 Å². The quantitative estimate of drug-likeness (QED) is 0.0870. The second kappa shape index (κ2) is 32.1. The molecular weight excluding hydrogens is 1130 g/mol. The summed E-state index contributed by atoms with van der Waals surface area (Å²) < 4.78 is 0. The van der Waals surface area contributed by atoms with Gasteiger partial charge in [-0.2, -0.15) is 0 Å². The minimum Gasteiger partial charge on any atom is -0.512 e. The molecule has 0 aliphatic rings. The number of aryl methyl sites for hydroxylation is 2. The van der Waals surface area contributed by atoms with Gasteiger partial charge in [0, 0.05) is 41.1 Å². The SMILES string of the molecule is C/C(O)=C(/C(=O)CCc1ccccc1-c1cc(-c2ccccc2-c2ccc(-c3cc(C)c(-c4ccccc4)cn3)cc2)cc(-c2ccccc2-c2cnc(-c3ccccc3)cc2-c2ccccc2)c1)c1ccccc1.c1ccccc1.c1ccccc1.c1ccccc1. The lowest BCUT2D eigenvalue weighted by atomic mass is 9.85. The predicted molar refractivity (Wildman–Crippen MR) is 390 cm³/mol. The molecule has 0 aliphatic carbocycles. The van der Waals surface area contributed by atoms with Crippen LogP contribution in [0.4, 0.5) is 0 Å². The van der Waals surface area contributed by atoms with Gasteiger partial charge in [0.05, 0.1) is 17.0 Å². The molecule has 4 heteroatoms. The normalized spacial score (nSPS) is 10.8. The van der Waals surface area contributed by atoms with Crippen molar-refractivity contribution in [2.24, 2.45) is 0 Å². The van der Waals surface area contributed by atoms with E-state index in [1.54, 1.807) is 6.92 Å². The minimum absolute atomic E-state index is 0.0217. The summed E-state index contributed by atoms with van der Waals surface area (Å²) in [7, 11) is 0. The van der Waals surface area contributed by atoms with Crippen LogP contribution in [0.5, 0.6) is 0 Å². The molecule has 14 rings (SSSR count). The molecule has 0 fully saturated rings. The Kier molecular flexibility index (Phi) is 21.6. The molecule has 0 unspecified atom stereocenters. The molecule has 450 valence electrons. The van der Waals surface area contributed by atoms with Gasteiger partial charge in [-0.3, -0.25) is 14.8 Å². The summed E-state index contributed by atoms with van der Waals surface area (Å²) in [6.45, 7) is 3.74. The zero-order chi connectivity index (χ0) is 63.8. The van der Waals surface area contributed by atoms with Gasteiger partial charge in [-0.05, 0) is 134 Å². The number of pyridine rings is 2. The van der Waals surface area contributed by atoms with Gasteiger partial charge in [-0.25, -0.2) is 0 Å². The van der Waals surface area contributed by atoms with Crippen molar-refractivity contribution in [3.63, 3.8) is 0 Å². The number of Topliss-reactive ketones (excluding diaryl/α,β-unsaturated/α-hetero) is 1. The van der Waals surface area contributed by atoms with Crippen molar-refractivity contribution in [2.45, 2.75) is 26.7 Å². The Hall–Kier alpha value is -11.9. The highest BCUT2D eigenvalue weighted by Gasteiger charge is 2.21. The van der Waals surface area contributed by atoms with E-state index in [0.29, 0.717) is 17.6 Å². The van der Waals surface area contributed by atoms with Gasteiger partial charge in [0.1, 0.15) is 5.76 Å². The molecule has 0 radical (unpaired) electrons. The molecule has 4 nitrogen and oxygen atoms in total. The number of allylic oxidation sites excluding steroid dienone is 2. The number of ketones is 1. The zero-order valence-electron chi connectivity index (χ0n) is 52.4. The third-order valence-electron chi connectivity index (χ3n) is 16.1. The molecular formula is C89H72N2O2. The summed E-state index contributed by atoms with van der Waals surface area (Å²) in [6, 6.07) is 122. The van der Waals surface area contributed by atoms with Crippen molar-refractivity contribution < 1.29 is 9.90 Å². The standard InChI is InChI=1S/C71H54N2O2.3C6H6/c1-48-41-68(72-46-66(48)51-23-9-4-10-24-51)55-37-35-53(36-38-55)61-31-17-18-32-62(61)58-42-57(60-30-16-15-25-52(60)39-40-70(75)71(49(2)74)56-28-13-6-14-29-56)43-59(44-58)63-33-19-20-34-64(63)67-47-73-69(54-26-11-5-12-27-54)45-65(67)50-21-7-3-8-22-50;3*1-2-4-6-5-3-1/h3-38,41-47,74H,39-40H2,1-2H3;3*1-6H/b71-49-;;;. The van der Waals surface area contributed by atoms with Crippen LogP contribution in [-0.4, -0.2) is 20.9 Å². The van der Waals surface area contributed by atoms with E-state index in [1.165, 1.54) is 5.56 Å². The number of nitrogens with zero attached hydrogens (tertiary/aromatic N) is 2. The first-order chi connectivity index (χ1) is 45.9. The van der Waals surface area contributed by atoms with Crippen molar-refractivity contribution >= 4 is 11.4 Å². The summed E-state index contributed by atoms with van der Waals surface area (Å²) in [5.41, 5.74) is 22.4. The summed E-state index contributed by atoms with van der Waals surface area (Å²) in [5, 5.41) is 10.8. The largest absolute Gasteiger partial charge is 0.512 e. The molecule has 2 aromatic heterocycles. The number of carbonyl (C=O) groups is 1. The van der Waals surface area contributed by atoms with Gasteiger partial charge in [0.15, 0.2) is 5.78 Å². The lowest BCUT2D eigenvalue weighted by molar-refractivity contribution is -0.113. The van der Waals surface area contributed by atoms with Crippen molar-refractivity contribution in [3.8, 4) is 100 Å². The first-order valence-corrected chi connectivity index (χ1v) is 31.5. The van der Waals surface area contributed by atoms with E-state index in [-0.39, 0.29) is 18.0 Å². The van der Waals surface area contributed by atoms with E-state index in [9.17, 15) is 9.90 Å². The van der Waals surface area contributed by atoms with E-state index in [2.05, 4.69) is 207 Å². The maximum absolute atomic E-state index is 14.0. The molecule has 0 spiro atoms. The number of hydrogen-bond acceptors (Lipinski definition) is 4. The molecule has 0 amide bonds. The van der Waals surface area contributed by atoms with E-state index in [1.807, 2.05) is 170 Å². The average Bonchev–Trinajstić information content (AvgIpc) is 0.814. The fourth-order valence-corrected chi connectivity index (χ4v) is 11.5. The Bertz CT molecular complexity index is 4510. The number of hydrogen-bond donors (Lipinski definition) is 1. The molecule has 0 saturated carbocycles. The van der Waals surface area contributed by atoms with Crippen LogP contribution >= 0.6 is 0 Å². The third-order valence-corrected chi connectivity index (χ3v) is 16.1. The van der Waals surface area contributed by atoms with E-state index >= 15 is 0 Å². The Labute approximate surface area is 547 Å². The number of carbonyl (C=O) groups excluding carboxylic acids is 1. The Morgan fingerprint density at radius 1 is 0.301 bits per heavy atom. The highest BCUT2D eigenvalue weighted by Crippen LogP contribution is 2.44. The van der Waals surface area contributed by atoms with Gasteiger partial charge in [-0.15, -0.1) is 0 Å². The second-order valence-corrected chi connectivity index (χ2v) is 22.4. The number of aliphatic hydroxyl groups is 1. The fourth-order valence-electron chi connectivity index (χ4n) is 11.5. The van der Waals surface area contributed by atoms with Crippen molar-refractivity contribution in [3.05, 3.63) is 393 Å². The Morgan fingerprint density at radius 2 is 0.624 bits per heavy atom. The molecule has 12 aromatic carbocycles. The van der Waals surface area contributed by atoms with Gasteiger partial charge in [-0.1, -0.05) is 328 Å². The van der Waals surface area contributed by atoms with Crippen molar-refractivity contribution in [2.75, 3.05) is 0 Å². The van der Waals surface area contributed by atoms with E-state index < -0.39 is 0 Å². The minimum atomic E-state index is -0.101. The predicted octanol–water partition coefficient (Wildman–Crippen LogP) is 23.3. The molecule has 0 atom stereocenters. The van der Waals surface area contributed by atoms with Crippen LogP contribution < -0.4 is 0 Å². The number of aliphatic hydroxyl groups excluding tert-OH is 1. The van der Waals surface area contributed by atoms with Crippen molar-refractivity contribution in [1.82, 2.24) is 9.97 Å². The van der Waals surface area contributed by atoms with Crippen LogP contribution in [-0.2, 0) is 11.2 Å². The van der Waals surface area contributed by atoms with Crippen LogP contribution in [0.2, 0.25) is 0 Å². The highest BCUT2D eigenvalue weighted by molar-refractivity contribution is 6.21. The smallest absolute Gasteiger partial charge is 0.167 e. The van der Waals surface area contributed by atoms with E-state index in [4.69, 9.17) is 9.97 Å². The van der Waals surface area contributed by atoms with Crippen LogP contribution in [0.25, 0.3) is 106 Å². The Balaban J connectivity index is 0.000000423. The molecule has 0 saturated heterocycles.